The van der Waals surface area contributed by atoms with Gasteiger partial charge in [-0.1, -0.05) is 30.1 Å². The van der Waals surface area contributed by atoms with Gasteiger partial charge in [-0.3, -0.25) is 14.3 Å². The number of hydrogen-bond donors (Lipinski definition) is 0. The van der Waals surface area contributed by atoms with Gasteiger partial charge in [0.25, 0.3) is 5.91 Å². The van der Waals surface area contributed by atoms with E-state index >= 15 is 0 Å². The summed E-state index contributed by atoms with van der Waals surface area (Å²) in [5.74, 6) is 1.08. The molecule has 0 saturated carbocycles. The Hall–Kier alpha value is -3.00. The fraction of sp³-hybridized carbons (Fsp3) is 0.429. The standard InChI is InChI=1S/C21H24N6O2/c1-25-12-17-19(22-14-27(17)16-9-5-4-8-15(16)21(25)28)20-23-18(29-24-20)13-26-10-6-2-3-7-11-26/h4-5,8-9,14H,2-3,6-7,10-13H2,1H3. The van der Waals surface area contributed by atoms with Crippen LogP contribution in [-0.4, -0.2) is 55.5 Å². The van der Waals surface area contributed by atoms with Gasteiger partial charge in [0.2, 0.25) is 11.7 Å². The number of amides is 1. The van der Waals surface area contributed by atoms with Crippen molar-refractivity contribution >= 4 is 5.91 Å². The molecule has 0 bridgehead atoms. The van der Waals surface area contributed by atoms with Gasteiger partial charge in [0.1, 0.15) is 12.0 Å². The topological polar surface area (TPSA) is 80.3 Å². The van der Waals surface area contributed by atoms with Crippen molar-refractivity contribution in [1.29, 1.82) is 0 Å². The van der Waals surface area contributed by atoms with E-state index in [0.29, 0.717) is 36.1 Å². The number of para-hydroxylation sites is 1. The lowest BCUT2D eigenvalue weighted by Gasteiger charge is -2.16. The zero-order chi connectivity index (χ0) is 19.8. The molecular weight excluding hydrogens is 368 g/mol. The highest BCUT2D eigenvalue weighted by Crippen LogP contribution is 2.29. The van der Waals surface area contributed by atoms with Crippen LogP contribution in [-0.2, 0) is 13.1 Å². The lowest BCUT2D eigenvalue weighted by Crippen LogP contribution is -2.25. The molecule has 0 N–H and O–H groups in total. The molecule has 8 nitrogen and oxygen atoms in total. The molecule has 3 aromatic rings. The summed E-state index contributed by atoms with van der Waals surface area (Å²) in [5, 5.41) is 4.19. The minimum absolute atomic E-state index is 0.00906. The minimum atomic E-state index is -0.00906. The number of nitrogens with zero attached hydrogens (tertiary/aromatic N) is 6. The third-order valence-electron chi connectivity index (χ3n) is 5.73. The highest BCUT2D eigenvalue weighted by atomic mass is 16.5. The Morgan fingerprint density at radius 2 is 1.90 bits per heavy atom. The molecule has 1 fully saturated rings. The molecule has 2 aliphatic heterocycles. The van der Waals surface area contributed by atoms with E-state index in [1.54, 1.807) is 18.3 Å². The Morgan fingerprint density at radius 3 is 2.72 bits per heavy atom. The average Bonchev–Trinajstić information content (AvgIpc) is 3.24. The lowest BCUT2D eigenvalue weighted by atomic mass is 10.1. The SMILES string of the molecule is CN1Cc2c(-c3noc(CN4CCCCCC4)n3)ncn2-c2ccccc2C1=O. The maximum absolute atomic E-state index is 12.7. The number of likely N-dealkylation sites (tertiary alicyclic amines) is 1. The lowest BCUT2D eigenvalue weighted by molar-refractivity contribution is 0.0788. The molecule has 0 radical (unpaired) electrons. The van der Waals surface area contributed by atoms with E-state index in [2.05, 4.69) is 20.0 Å². The highest BCUT2D eigenvalue weighted by molar-refractivity contribution is 5.98. The molecule has 2 aliphatic rings. The summed E-state index contributed by atoms with van der Waals surface area (Å²) in [6, 6.07) is 7.58. The largest absolute Gasteiger partial charge is 0.337 e. The molecule has 0 atom stereocenters. The predicted molar refractivity (Wildman–Crippen MR) is 106 cm³/mol. The Labute approximate surface area is 169 Å². The minimum Gasteiger partial charge on any atom is -0.337 e. The van der Waals surface area contributed by atoms with Crippen LogP contribution in [0.25, 0.3) is 17.2 Å². The van der Waals surface area contributed by atoms with Crippen LogP contribution in [0.15, 0.2) is 35.1 Å². The van der Waals surface area contributed by atoms with Crippen LogP contribution in [0.1, 0.15) is 47.6 Å². The molecule has 8 heteroatoms. The smallest absolute Gasteiger partial charge is 0.256 e. The van der Waals surface area contributed by atoms with Crippen LogP contribution in [0.2, 0.25) is 0 Å². The second-order valence-electron chi connectivity index (χ2n) is 7.79. The van der Waals surface area contributed by atoms with Gasteiger partial charge in [-0.15, -0.1) is 0 Å². The number of carbonyl (C=O) groups excluding carboxylic acids is 1. The third kappa shape index (κ3) is 3.33. The van der Waals surface area contributed by atoms with Crippen molar-refractivity contribution in [2.75, 3.05) is 20.1 Å². The molecule has 150 valence electrons. The summed E-state index contributed by atoms with van der Waals surface area (Å²) in [4.78, 5) is 26.0. The van der Waals surface area contributed by atoms with Gasteiger partial charge in [-0.05, 0) is 38.1 Å². The van der Waals surface area contributed by atoms with Crippen molar-refractivity contribution in [3.05, 3.63) is 47.7 Å². The highest BCUT2D eigenvalue weighted by Gasteiger charge is 2.28. The molecule has 5 rings (SSSR count). The van der Waals surface area contributed by atoms with Crippen LogP contribution in [0, 0.1) is 0 Å². The van der Waals surface area contributed by atoms with Crippen molar-refractivity contribution in [3.8, 4) is 17.2 Å². The molecule has 1 aromatic carbocycles. The van der Waals surface area contributed by atoms with Crippen molar-refractivity contribution in [2.24, 2.45) is 0 Å². The second kappa shape index (κ2) is 7.44. The second-order valence-corrected chi connectivity index (χ2v) is 7.79. The van der Waals surface area contributed by atoms with E-state index in [9.17, 15) is 4.79 Å². The van der Waals surface area contributed by atoms with Crippen LogP contribution in [0.5, 0.6) is 0 Å². The number of rotatable bonds is 3. The van der Waals surface area contributed by atoms with Gasteiger partial charge in [0.15, 0.2) is 0 Å². The van der Waals surface area contributed by atoms with Gasteiger partial charge < -0.3 is 9.42 Å². The van der Waals surface area contributed by atoms with E-state index in [1.165, 1.54) is 25.7 Å². The first-order valence-electron chi connectivity index (χ1n) is 10.2. The third-order valence-corrected chi connectivity index (χ3v) is 5.73. The first-order valence-corrected chi connectivity index (χ1v) is 10.2. The van der Waals surface area contributed by atoms with Crippen LogP contribution < -0.4 is 0 Å². The van der Waals surface area contributed by atoms with E-state index in [-0.39, 0.29) is 5.91 Å². The summed E-state index contributed by atoms with van der Waals surface area (Å²) in [6.07, 6.45) is 6.76. The monoisotopic (exact) mass is 392 g/mol. The van der Waals surface area contributed by atoms with Gasteiger partial charge in [-0.25, -0.2) is 4.98 Å². The first-order chi connectivity index (χ1) is 14.2. The Morgan fingerprint density at radius 1 is 1.10 bits per heavy atom. The number of carbonyl (C=O) groups is 1. The molecule has 29 heavy (non-hydrogen) atoms. The van der Waals surface area contributed by atoms with Crippen LogP contribution in [0.3, 0.4) is 0 Å². The van der Waals surface area contributed by atoms with Gasteiger partial charge >= 0.3 is 0 Å². The summed E-state index contributed by atoms with van der Waals surface area (Å²) >= 11 is 0. The number of imidazole rings is 1. The van der Waals surface area contributed by atoms with E-state index < -0.39 is 0 Å². The molecule has 1 amide bonds. The number of hydrogen-bond acceptors (Lipinski definition) is 6. The van der Waals surface area contributed by atoms with Crippen molar-refractivity contribution < 1.29 is 9.32 Å². The summed E-state index contributed by atoms with van der Waals surface area (Å²) in [5.41, 5.74) is 3.02. The molecule has 0 unspecified atom stereocenters. The quantitative estimate of drug-likeness (QED) is 0.682. The van der Waals surface area contributed by atoms with Crippen LogP contribution >= 0.6 is 0 Å². The van der Waals surface area contributed by atoms with E-state index in [4.69, 9.17) is 4.52 Å². The zero-order valence-corrected chi connectivity index (χ0v) is 16.5. The van der Waals surface area contributed by atoms with Crippen molar-refractivity contribution in [2.45, 2.75) is 38.8 Å². The zero-order valence-electron chi connectivity index (χ0n) is 16.5. The summed E-state index contributed by atoms with van der Waals surface area (Å²) < 4.78 is 7.49. The summed E-state index contributed by atoms with van der Waals surface area (Å²) in [6.45, 7) is 3.24. The van der Waals surface area contributed by atoms with Crippen molar-refractivity contribution in [1.82, 2.24) is 29.5 Å². The molecular formula is C21H24N6O2. The number of fused-ring (bicyclic) bond motifs is 3. The average molecular weight is 392 g/mol. The number of benzene rings is 1. The molecule has 4 heterocycles. The van der Waals surface area contributed by atoms with Crippen LogP contribution in [0.4, 0.5) is 0 Å². The maximum atomic E-state index is 12.7. The van der Waals surface area contributed by atoms with Crippen molar-refractivity contribution in [3.63, 3.8) is 0 Å². The fourth-order valence-corrected chi connectivity index (χ4v) is 4.19. The van der Waals surface area contributed by atoms with Gasteiger partial charge in [-0.2, -0.15) is 4.98 Å². The molecule has 0 spiro atoms. The normalized spacial score (nSPS) is 17.6. The van der Waals surface area contributed by atoms with E-state index in [1.807, 2.05) is 28.8 Å². The van der Waals surface area contributed by atoms with E-state index in [0.717, 1.165) is 24.5 Å². The summed E-state index contributed by atoms with van der Waals surface area (Å²) in [7, 11) is 1.80. The predicted octanol–water partition coefficient (Wildman–Crippen LogP) is 2.88. The Kier molecular flexibility index (Phi) is 4.63. The fourth-order valence-electron chi connectivity index (χ4n) is 4.19. The molecule has 2 aromatic heterocycles. The molecule has 1 saturated heterocycles. The maximum Gasteiger partial charge on any atom is 0.256 e. The number of aromatic nitrogens is 4. The van der Waals surface area contributed by atoms with Gasteiger partial charge in [0.05, 0.1) is 30.0 Å². The van der Waals surface area contributed by atoms with Gasteiger partial charge in [0, 0.05) is 7.05 Å². The molecule has 0 aliphatic carbocycles. The Bertz CT molecular complexity index is 1030. The Balaban J connectivity index is 1.47. The first kappa shape index (κ1) is 18.1.